The molecular weight excluding hydrogens is 238 g/mol. The van der Waals surface area contributed by atoms with E-state index in [4.69, 9.17) is 4.42 Å². The molecule has 1 aromatic heterocycles. The molecule has 4 nitrogen and oxygen atoms in total. The number of oxazole rings is 1. The van der Waals surface area contributed by atoms with Crippen molar-refractivity contribution in [3.63, 3.8) is 0 Å². The monoisotopic (exact) mass is 265 g/mol. The first-order valence-corrected chi connectivity index (χ1v) is 7.54. The molecule has 0 amide bonds. The zero-order chi connectivity index (χ0) is 13.7. The lowest BCUT2D eigenvalue weighted by Crippen LogP contribution is -2.33. The summed E-state index contributed by atoms with van der Waals surface area (Å²) in [6, 6.07) is 1.37. The zero-order valence-electron chi connectivity index (χ0n) is 12.5. The van der Waals surface area contributed by atoms with Gasteiger partial charge in [-0.05, 0) is 25.3 Å². The van der Waals surface area contributed by atoms with Crippen molar-refractivity contribution in [1.82, 2.24) is 10.3 Å². The first-order valence-electron chi connectivity index (χ1n) is 7.54. The molecule has 0 atom stereocenters. The molecule has 0 saturated heterocycles. The molecule has 1 aromatic rings. The fraction of sp³-hybridized carbons (Fsp3) is 0.800. The second-order valence-corrected chi connectivity index (χ2v) is 6.05. The van der Waals surface area contributed by atoms with Gasteiger partial charge in [-0.2, -0.15) is 4.98 Å². The summed E-state index contributed by atoms with van der Waals surface area (Å²) in [4.78, 5) is 6.79. The van der Waals surface area contributed by atoms with Crippen LogP contribution in [0.15, 0.2) is 10.7 Å². The van der Waals surface area contributed by atoms with Crippen molar-refractivity contribution >= 4 is 6.01 Å². The molecule has 1 saturated carbocycles. The third kappa shape index (κ3) is 4.23. The van der Waals surface area contributed by atoms with Gasteiger partial charge in [0.05, 0.1) is 5.69 Å². The van der Waals surface area contributed by atoms with E-state index < -0.39 is 0 Å². The van der Waals surface area contributed by atoms with Crippen molar-refractivity contribution < 1.29 is 4.42 Å². The maximum Gasteiger partial charge on any atom is 0.297 e. The average molecular weight is 265 g/mol. The van der Waals surface area contributed by atoms with Gasteiger partial charge >= 0.3 is 0 Å². The van der Waals surface area contributed by atoms with Crippen LogP contribution < -0.4 is 10.2 Å². The molecule has 1 heterocycles. The van der Waals surface area contributed by atoms with Crippen molar-refractivity contribution in [3.05, 3.63) is 12.0 Å². The van der Waals surface area contributed by atoms with Crippen LogP contribution >= 0.6 is 0 Å². The molecule has 0 aliphatic heterocycles. The van der Waals surface area contributed by atoms with E-state index in [9.17, 15) is 0 Å². The molecule has 19 heavy (non-hydrogen) atoms. The number of hydrogen-bond acceptors (Lipinski definition) is 4. The van der Waals surface area contributed by atoms with E-state index in [1.54, 1.807) is 6.26 Å². The normalized spacial score (nSPS) is 17.1. The Labute approximate surface area is 116 Å². The highest BCUT2D eigenvalue weighted by atomic mass is 16.4. The van der Waals surface area contributed by atoms with Crippen LogP contribution in [0.25, 0.3) is 0 Å². The summed E-state index contributed by atoms with van der Waals surface area (Å²) in [5, 5.41) is 3.39. The van der Waals surface area contributed by atoms with E-state index >= 15 is 0 Å². The Balaban J connectivity index is 1.85. The van der Waals surface area contributed by atoms with Crippen LogP contribution in [-0.4, -0.2) is 24.6 Å². The lowest BCUT2D eigenvalue weighted by atomic mass is 9.95. The molecule has 1 aliphatic carbocycles. The first kappa shape index (κ1) is 14.4. The molecule has 2 rings (SSSR count). The third-order valence-electron chi connectivity index (χ3n) is 3.82. The largest absolute Gasteiger partial charge is 0.432 e. The van der Waals surface area contributed by atoms with Gasteiger partial charge < -0.3 is 14.6 Å². The number of nitrogens with zero attached hydrogens (tertiary/aromatic N) is 2. The standard InChI is InChI=1S/C15H27N3O/c1-12(2)9-16-10-13-11-19-15(17-13)18(3)14-7-5-4-6-8-14/h11-12,14,16H,4-10H2,1-3H3. The molecule has 0 unspecified atom stereocenters. The third-order valence-corrected chi connectivity index (χ3v) is 3.82. The van der Waals surface area contributed by atoms with E-state index in [1.165, 1.54) is 32.1 Å². The number of rotatable bonds is 6. The minimum absolute atomic E-state index is 0.601. The van der Waals surface area contributed by atoms with Crippen LogP contribution in [0.4, 0.5) is 6.01 Å². The van der Waals surface area contributed by atoms with Crippen LogP contribution in [0.1, 0.15) is 51.6 Å². The number of nitrogens with one attached hydrogen (secondary N) is 1. The fourth-order valence-electron chi connectivity index (χ4n) is 2.65. The molecule has 0 spiro atoms. The Morgan fingerprint density at radius 3 is 2.79 bits per heavy atom. The highest BCUT2D eigenvalue weighted by molar-refractivity contribution is 5.27. The number of hydrogen-bond donors (Lipinski definition) is 1. The van der Waals surface area contributed by atoms with Gasteiger partial charge in [0, 0.05) is 19.6 Å². The van der Waals surface area contributed by atoms with E-state index in [0.717, 1.165) is 24.8 Å². The summed E-state index contributed by atoms with van der Waals surface area (Å²) >= 11 is 0. The van der Waals surface area contributed by atoms with Crippen LogP contribution in [0, 0.1) is 5.92 Å². The predicted molar refractivity (Wildman–Crippen MR) is 78.3 cm³/mol. The van der Waals surface area contributed by atoms with Gasteiger partial charge in [-0.25, -0.2) is 0 Å². The topological polar surface area (TPSA) is 41.3 Å². The van der Waals surface area contributed by atoms with E-state index in [0.29, 0.717) is 12.0 Å². The van der Waals surface area contributed by atoms with Crippen molar-refractivity contribution in [2.45, 2.75) is 58.5 Å². The highest BCUT2D eigenvalue weighted by Gasteiger charge is 2.21. The summed E-state index contributed by atoms with van der Waals surface area (Å²) in [6.45, 7) is 6.22. The molecular formula is C15H27N3O. The lowest BCUT2D eigenvalue weighted by Gasteiger charge is -2.29. The fourth-order valence-corrected chi connectivity index (χ4v) is 2.65. The summed E-state index contributed by atoms with van der Waals surface area (Å²) in [5.74, 6) is 0.663. The first-order chi connectivity index (χ1) is 9.16. The predicted octanol–water partition coefficient (Wildman–Crippen LogP) is 3.19. The number of aromatic nitrogens is 1. The maximum absolute atomic E-state index is 5.61. The van der Waals surface area contributed by atoms with Crippen molar-refractivity contribution in [2.24, 2.45) is 5.92 Å². The molecule has 0 bridgehead atoms. The Hall–Kier alpha value is -1.03. The Morgan fingerprint density at radius 2 is 2.11 bits per heavy atom. The van der Waals surface area contributed by atoms with Gasteiger partial charge in [0.25, 0.3) is 6.01 Å². The summed E-state index contributed by atoms with van der Waals surface area (Å²) in [6.07, 6.45) is 8.35. The van der Waals surface area contributed by atoms with Crippen molar-refractivity contribution in [3.8, 4) is 0 Å². The van der Waals surface area contributed by atoms with Crippen LogP contribution in [0.2, 0.25) is 0 Å². The van der Waals surface area contributed by atoms with Crippen molar-refractivity contribution in [2.75, 3.05) is 18.5 Å². The summed E-state index contributed by atoms with van der Waals surface area (Å²) in [7, 11) is 2.10. The van der Waals surface area contributed by atoms with E-state index in [-0.39, 0.29) is 0 Å². The molecule has 1 fully saturated rings. The highest BCUT2D eigenvalue weighted by Crippen LogP contribution is 2.25. The smallest absolute Gasteiger partial charge is 0.297 e. The Morgan fingerprint density at radius 1 is 1.37 bits per heavy atom. The molecule has 0 radical (unpaired) electrons. The van der Waals surface area contributed by atoms with E-state index in [1.807, 2.05) is 0 Å². The molecule has 4 heteroatoms. The second kappa shape index (κ2) is 6.94. The zero-order valence-corrected chi connectivity index (χ0v) is 12.5. The average Bonchev–Trinajstić information content (AvgIpc) is 2.87. The lowest BCUT2D eigenvalue weighted by molar-refractivity contribution is 0.405. The molecule has 1 N–H and O–H groups in total. The molecule has 108 valence electrons. The van der Waals surface area contributed by atoms with Gasteiger partial charge in [0.1, 0.15) is 6.26 Å². The van der Waals surface area contributed by atoms with Gasteiger partial charge in [0.2, 0.25) is 0 Å². The molecule has 0 aromatic carbocycles. The maximum atomic E-state index is 5.61. The Bertz CT molecular complexity index is 369. The SMILES string of the molecule is CC(C)CNCc1coc(N(C)C2CCCCC2)n1. The molecule has 1 aliphatic rings. The van der Waals surface area contributed by atoms with Crippen LogP contribution in [0.3, 0.4) is 0 Å². The van der Waals surface area contributed by atoms with Gasteiger partial charge in [0.15, 0.2) is 0 Å². The van der Waals surface area contributed by atoms with Gasteiger partial charge in [-0.1, -0.05) is 33.1 Å². The van der Waals surface area contributed by atoms with Crippen LogP contribution in [0.5, 0.6) is 0 Å². The summed E-state index contributed by atoms with van der Waals surface area (Å²) in [5.41, 5.74) is 0.998. The van der Waals surface area contributed by atoms with Gasteiger partial charge in [-0.3, -0.25) is 0 Å². The second-order valence-electron chi connectivity index (χ2n) is 6.05. The number of anilines is 1. The minimum Gasteiger partial charge on any atom is -0.432 e. The van der Waals surface area contributed by atoms with Crippen LogP contribution in [-0.2, 0) is 6.54 Å². The minimum atomic E-state index is 0.601. The van der Waals surface area contributed by atoms with Crippen molar-refractivity contribution in [1.29, 1.82) is 0 Å². The Kier molecular flexibility index (Phi) is 5.25. The quantitative estimate of drug-likeness (QED) is 0.857. The van der Waals surface area contributed by atoms with Gasteiger partial charge in [-0.15, -0.1) is 0 Å². The summed E-state index contributed by atoms with van der Waals surface area (Å²) < 4.78 is 5.61. The van der Waals surface area contributed by atoms with E-state index in [2.05, 4.69) is 36.1 Å².